The van der Waals surface area contributed by atoms with Crippen molar-refractivity contribution in [2.75, 3.05) is 0 Å². The molecule has 5 heteroatoms. The number of carbonyl (C=O) groups excluding carboxylic acids is 1. The van der Waals surface area contributed by atoms with Crippen molar-refractivity contribution in [1.29, 1.82) is 5.26 Å². The summed E-state index contributed by atoms with van der Waals surface area (Å²) in [6, 6.07) is 3.67. The van der Waals surface area contributed by atoms with Crippen LogP contribution in [0.15, 0.2) is 12.3 Å². The van der Waals surface area contributed by atoms with E-state index < -0.39 is 5.41 Å². The zero-order valence-corrected chi connectivity index (χ0v) is 9.61. The van der Waals surface area contributed by atoms with E-state index in [1.165, 1.54) is 0 Å². The van der Waals surface area contributed by atoms with Crippen LogP contribution >= 0.6 is 0 Å². The van der Waals surface area contributed by atoms with Crippen LogP contribution in [-0.4, -0.2) is 15.9 Å². The molecular formula is C11H14N4O. The summed E-state index contributed by atoms with van der Waals surface area (Å²) < 4.78 is 0. The summed E-state index contributed by atoms with van der Waals surface area (Å²) in [5.74, 6) is 0.359. The maximum Gasteiger partial charge on any atom is 0.240 e. The zero-order valence-electron chi connectivity index (χ0n) is 9.61. The summed E-state index contributed by atoms with van der Waals surface area (Å²) in [6.45, 7) is 5.25. The highest BCUT2D eigenvalue weighted by Crippen LogP contribution is 2.12. The second-order valence-electron chi connectivity index (χ2n) is 4.01. The number of nitrogens with one attached hydrogen (secondary N) is 1. The first-order valence-corrected chi connectivity index (χ1v) is 4.94. The molecule has 0 spiro atoms. The molecule has 0 aliphatic rings. The average Bonchev–Trinajstić information content (AvgIpc) is 2.26. The van der Waals surface area contributed by atoms with E-state index in [2.05, 4.69) is 15.3 Å². The lowest BCUT2D eigenvalue weighted by molar-refractivity contribution is -0.126. The molecule has 0 aromatic carbocycles. The van der Waals surface area contributed by atoms with E-state index in [0.717, 1.165) is 5.69 Å². The summed E-state index contributed by atoms with van der Waals surface area (Å²) in [5, 5.41) is 11.4. The molecule has 0 bridgehead atoms. The highest BCUT2D eigenvalue weighted by atomic mass is 16.2. The van der Waals surface area contributed by atoms with Gasteiger partial charge in [-0.05, 0) is 26.8 Å². The summed E-state index contributed by atoms with van der Waals surface area (Å²) in [5.41, 5.74) is -0.281. The molecule has 16 heavy (non-hydrogen) atoms. The van der Waals surface area contributed by atoms with Crippen LogP contribution in [0.25, 0.3) is 0 Å². The third-order valence-electron chi connectivity index (χ3n) is 2.11. The van der Waals surface area contributed by atoms with Crippen molar-refractivity contribution in [2.45, 2.75) is 27.3 Å². The third kappa shape index (κ3) is 3.02. The fraction of sp³-hybridized carbons (Fsp3) is 0.455. The summed E-state index contributed by atoms with van der Waals surface area (Å²) in [7, 11) is 0. The van der Waals surface area contributed by atoms with Crippen LogP contribution in [0.1, 0.15) is 25.4 Å². The molecule has 1 N–H and O–H groups in total. The number of aryl methyl sites for hydroxylation is 1. The lowest BCUT2D eigenvalue weighted by atomic mass is 9.95. The molecule has 0 unspecified atom stereocenters. The zero-order chi connectivity index (χ0) is 12.2. The molecule has 0 aliphatic carbocycles. The Morgan fingerprint density at radius 1 is 1.62 bits per heavy atom. The first kappa shape index (κ1) is 12.1. The first-order valence-electron chi connectivity index (χ1n) is 4.94. The highest BCUT2D eigenvalue weighted by molar-refractivity contribution is 5.84. The first-order chi connectivity index (χ1) is 7.45. The predicted molar refractivity (Wildman–Crippen MR) is 58.0 cm³/mol. The Labute approximate surface area is 94.5 Å². The lowest BCUT2D eigenvalue weighted by Crippen LogP contribution is -2.35. The van der Waals surface area contributed by atoms with Gasteiger partial charge < -0.3 is 5.32 Å². The van der Waals surface area contributed by atoms with E-state index >= 15 is 0 Å². The van der Waals surface area contributed by atoms with Crippen LogP contribution in [0.5, 0.6) is 0 Å². The maximum absolute atomic E-state index is 11.6. The number of aromatic nitrogens is 2. The van der Waals surface area contributed by atoms with Crippen molar-refractivity contribution < 1.29 is 4.79 Å². The maximum atomic E-state index is 11.6. The van der Waals surface area contributed by atoms with Crippen molar-refractivity contribution in [3.63, 3.8) is 0 Å². The SMILES string of the molecule is Cc1nccc(CNC(=O)C(C)(C)C#N)n1. The average molecular weight is 218 g/mol. The number of hydrogen-bond acceptors (Lipinski definition) is 4. The van der Waals surface area contributed by atoms with Crippen LogP contribution in [-0.2, 0) is 11.3 Å². The molecule has 0 atom stereocenters. The van der Waals surface area contributed by atoms with Gasteiger partial charge in [-0.3, -0.25) is 4.79 Å². The fourth-order valence-electron chi connectivity index (χ4n) is 1.05. The van der Waals surface area contributed by atoms with Crippen molar-refractivity contribution in [3.8, 4) is 6.07 Å². The third-order valence-corrected chi connectivity index (χ3v) is 2.11. The Balaban J connectivity index is 2.60. The van der Waals surface area contributed by atoms with Crippen molar-refractivity contribution >= 4 is 5.91 Å². The van der Waals surface area contributed by atoms with Gasteiger partial charge in [-0.2, -0.15) is 5.26 Å². The molecule has 0 fully saturated rings. The van der Waals surface area contributed by atoms with E-state index in [1.54, 1.807) is 33.0 Å². The number of nitrogens with zero attached hydrogens (tertiary/aromatic N) is 3. The van der Waals surface area contributed by atoms with Gasteiger partial charge >= 0.3 is 0 Å². The van der Waals surface area contributed by atoms with E-state index in [0.29, 0.717) is 12.4 Å². The smallest absolute Gasteiger partial charge is 0.240 e. The molecule has 0 aliphatic heterocycles. The summed E-state index contributed by atoms with van der Waals surface area (Å²) in [6.07, 6.45) is 1.64. The minimum Gasteiger partial charge on any atom is -0.349 e. The molecule has 0 saturated carbocycles. The number of nitriles is 1. The van der Waals surface area contributed by atoms with Gasteiger partial charge in [-0.25, -0.2) is 9.97 Å². The monoisotopic (exact) mass is 218 g/mol. The van der Waals surface area contributed by atoms with Crippen LogP contribution in [0.3, 0.4) is 0 Å². The second kappa shape index (κ2) is 4.71. The van der Waals surface area contributed by atoms with Gasteiger partial charge in [0, 0.05) is 6.20 Å². The molecule has 1 rings (SSSR count). The van der Waals surface area contributed by atoms with Crippen molar-refractivity contribution in [3.05, 3.63) is 23.8 Å². The van der Waals surface area contributed by atoms with Gasteiger partial charge in [0.25, 0.3) is 0 Å². The number of hydrogen-bond donors (Lipinski definition) is 1. The van der Waals surface area contributed by atoms with E-state index in [1.807, 2.05) is 6.07 Å². The van der Waals surface area contributed by atoms with Crippen molar-refractivity contribution in [1.82, 2.24) is 15.3 Å². The largest absolute Gasteiger partial charge is 0.349 e. The van der Waals surface area contributed by atoms with Crippen molar-refractivity contribution in [2.24, 2.45) is 5.41 Å². The Morgan fingerprint density at radius 2 is 2.31 bits per heavy atom. The second-order valence-corrected chi connectivity index (χ2v) is 4.01. The molecule has 1 heterocycles. The van der Waals surface area contributed by atoms with E-state index in [9.17, 15) is 4.79 Å². The minimum atomic E-state index is -1.01. The van der Waals surface area contributed by atoms with Gasteiger partial charge in [0.05, 0.1) is 18.3 Å². The molecular weight excluding hydrogens is 204 g/mol. The number of amides is 1. The van der Waals surface area contributed by atoms with Gasteiger partial charge in [-0.1, -0.05) is 0 Å². The Morgan fingerprint density at radius 3 is 2.88 bits per heavy atom. The summed E-state index contributed by atoms with van der Waals surface area (Å²) in [4.78, 5) is 19.7. The predicted octanol–water partition coefficient (Wildman–Crippen LogP) is 0.951. The van der Waals surface area contributed by atoms with E-state index in [4.69, 9.17) is 5.26 Å². The fourth-order valence-corrected chi connectivity index (χ4v) is 1.05. The topological polar surface area (TPSA) is 78.7 Å². The quantitative estimate of drug-likeness (QED) is 0.819. The summed E-state index contributed by atoms with van der Waals surface area (Å²) >= 11 is 0. The number of carbonyl (C=O) groups is 1. The molecule has 1 amide bonds. The molecule has 5 nitrogen and oxygen atoms in total. The van der Waals surface area contributed by atoms with Gasteiger partial charge in [0.15, 0.2) is 0 Å². The number of rotatable bonds is 3. The Bertz CT molecular complexity index is 434. The molecule has 84 valence electrons. The molecule has 0 saturated heterocycles. The normalized spacial score (nSPS) is 10.6. The van der Waals surface area contributed by atoms with Gasteiger partial charge in [-0.15, -0.1) is 0 Å². The molecule has 1 aromatic heterocycles. The van der Waals surface area contributed by atoms with Gasteiger partial charge in [0.1, 0.15) is 11.2 Å². The Hall–Kier alpha value is -1.96. The van der Waals surface area contributed by atoms with Crippen LogP contribution in [0.4, 0.5) is 0 Å². The lowest BCUT2D eigenvalue weighted by Gasteiger charge is -2.14. The molecule has 1 aromatic rings. The van der Waals surface area contributed by atoms with E-state index in [-0.39, 0.29) is 5.91 Å². The van der Waals surface area contributed by atoms with Crippen LogP contribution < -0.4 is 5.32 Å². The standard InChI is InChI=1S/C11H14N4O/c1-8-13-5-4-9(15-8)6-14-10(16)11(2,3)7-12/h4-5H,6H2,1-3H3,(H,14,16). The van der Waals surface area contributed by atoms with Crippen LogP contribution in [0, 0.1) is 23.7 Å². The minimum absolute atomic E-state index is 0.300. The Kier molecular flexibility index (Phi) is 3.56. The van der Waals surface area contributed by atoms with Gasteiger partial charge in [0.2, 0.25) is 5.91 Å². The molecule has 0 radical (unpaired) electrons. The highest BCUT2D eigenvalue weighted by Gasteiger charge is 2.26. The van der Waals surface area contributed by atoms with Crippen LogP contribution in [0.2, 0.25) is 0 Å².